The monoisotopic (exact) mass is 294 g/mol. The van der Waals surface area contributed by atoms with Crippen molar-refractivity contribution >= 4 is 0 Å². The number of hydrogen-bond donors (Lipinski definition) is 2. The summed E-state index contributed by atoms with van der Waals surface area (Å²) in [6, 6.07) is 5.68. The molecule has 118 valence electrons. The molecule has 0 radical (unpaired) electrons. The van der Waals surface area contributed by atoms with Crippen molar-refractivity contribution in [2.24, 2.45) is 0 Å². The van der Waals surface area contributed by atoms with Crippen molar-refractivity contribution in [1.29, 1.82) is 0 Å². The molecule has 1 fully saturated rings. The SMILES string of the molecule is CNCC(O)c1cccc(OC2CCCN(C)C2)c1OC. The number of aliphatic hydroxyl groups is 1. The van der Waals surface area contributed by atoms with Gasteiger partial charge < -0.3 is 24.8 Å². The maximum atomic E-state index is 10.2. The Labute approximate surface area is 126 Å². The molecular formula is C16H26N2O3. The summed E-state index contributed by atoms with van der Waals surface area (Å²) in [4.78, 5) is 2.28. The summed E-state index contributed by atoms with van der Waals surface area (Å²) in [6.45, 7) is 2.52. The fourth-order valence-electron chi connectivity index (χ4n) is 2.80. The number of nitrogens with one attached hydrogen (secondary N) is 1. The summed E-state index contributed by atoms with van der Waals surface area (Å²) in [5, 5.41) is 13.2. The van der Waals surface area contributed by atoms with Gasteiger partial charge in [0.25, 0.3) is 0 Å². The van der Waals surface area contributed by atoms with E-state index in [9.17, 15) is 5.11 Å². The molecule has 1 aromatic rings. The fraction of sp³-hybridized carbons (Fsp3) is 0.625. The van der Waals surface area contributed by atoms with E-state index in [0.717, 1.165) is 31.5 Å². The van der Waals surface area contributed by atoms with Crippen LogP contribution in [0.3, 0.4) is 0 Å². The third kappa shape index (κ3) is 4.09. The summed E-state index contributed by atoms with van der Waals surface area (Å²) in [6.07, 6.45) is 1.76. The van der Waals surface area contributed by atoms with Gasteiger partial charge >= 0.3 is 0 Å². The number of nitrogens with zero attached hydrogens (tertiary/aromatic N) is 1. The average Bonchev–Trinajstić information content (AvgIpc) is 2.47. The van der Waals surface area contributed by atoms with Gasteiger partial charge in [0.1, 0.15) is 6.10 Å². The first-order valence-corrected chi connectivity index (χ1v) is 7.50. The summed E-state index contributed by atoms with van der Waals surface area (Å²) >= 11 is 0. The molecular weight excluding hydrogens is 268 g/mol. The molecule has 0 bridgehead atoms. The second-order valence-corrected chi connectivity index (χ2v) is 5.60. The molecule has 0 aliphatic carbocycles. The molecule has 1 aliphatic rings. The highest BCUT2D eigenvalue weighted by Crippen LogP contribution is 2.35. The molecule has 21 heavy (non-hydrogen) atoms. The molecule has 2 N–H and O–H groups in total. The zero-order valence-corrected chi connectivity index (χ0v) is 13.1. The second-order valence-electron chi connectivity index (χ2n) is 5.60. The quantitative estimate of drug-likeness (QED) is 0.831. The Morgan fingerprint density at radius 1 is 1.48 bits per heavy atom. The molecule has 1 heterocycles. The number of aliphatic hydroxyl groups excluding tert-OH is 1. The normalized spacial score (nSPS) is 21.0. The first-order chi connectivity index (χ1) is 10.2. The van der Waals surface area contributed by atoms with E-state index in [4.69, 9.17) is 9.47 Å². The van der Waals surface area contributed by atoms with Gasteiger partial charge in [0, 0.05) is 18.7 Å². The van der Waals surface area contributed by atoms with Gasteiger partial charge in [0.2, 0.25) is 0 Å². The summed E-state index contributed by atoms with van der Waals surface area (Å²) < 4.78 is 11.6. The third-order valence-corrected chi connectivity index (χ3v) is 3.84. The van der Waals surface area contributed by atoms with E-state index in [0.29, 0.717) is 18.0 Å². The molecule has 0 spiro atoms. The third-order valence-electron chi connectivity index (χ3n) is 3.84. The highest BCUT2D eigenvalue weighted by atomic mass is 16.5. The molecule has 2 atom stereocenters. The first-order valence-electron chi connectivity index (χ1n) is 7.50. The minimum atomic E-state index is -0.609. The van der Waals surface area contributed by atoms with Crippen LogP contribution in [0.4, 0.5) is 0 Å². The van der Waals surface area contributed by atoms with Crippen LogP contribution in [0.25, 0.3) is 0 Å². The van der Waals surface area contributed by atoms with E-state index in [-0.39, 0.29) is 6.10 Å². The molecule has 1 aromatic carbocycles. The molecule has 0 saturated carbocycles. The molecule has 5 nitrogen and oxygen atoms in total. The number of methoxy groups -OCH3 is 1. The van der Waals surface area contributed by atoms with Crippen LogP contribution >= 0.6 is 0 Å². The summed E-state index contributed by atoms with van der Waals surface area (Å²) in [5.74, 6) is 1.35. The molecule has 1 saturated heterocycles. The Kier molecular flexibility index (Phi) is 5.85. The molecule has 1 aliphatic heterocycles. The van der Waals surface area contributed by atoms with Crippen LogP contribution in [0.2, 0.25) is 0 Å². The standard InChI is InChI=1S/C16H26N2O3/c1-17-10-14(19)13-7-4-8-15(16(13)20-3)21-12-6-5-9-18(2)11-12/h4,7-8,12,14,17,19H,5-6,9-11H2,1-3H3. The number of ether oxygens (including phenoxy) is 2. The van der Waals surface area contributed by atoms with Crippen molar-refractivity contribution in [1.82, 2.24) is 10.2 Å². The molecule has 2 unspecified atom stereocenters. The molecule has 0 aromatic heterocycles. The van der Waals surface area contributed by atoms with Crippen LogP contribution in [0.1, 0.15) is 24.5 Å². The van der Waals surface area contributed by atoms with Crippen LogP contribution in [0.5, 0.6) is 11.5 Å². The fourth-order valence-corrected chi connectivity index (χ4v) is 2.80. The summed E-state index contributed by atoms with van der Waals surface area (Å²) in [5.41, 5.74) is 0.758. The topological polar surface area (TPSA) is 54.0 Å². The second kappa shape index (κ2) is 7.64. The number of rotatable bonds is 6. The number of likely N-dealkylation sites (N-methyl/N-ethyl adjacent to an activating group) is 2. The number of piperidine rings is 1. The lowest BCUT2D eigenvalue weighted by molar-refractivity contribution is 0.100. The summed E-state index contributed by atoms with van der Waals surface area (Å²) in [7, 11) is 5.54. The molecule has 5 heteroatoms. The first kappa shape index (κ1) is 16.1. The Balaban J connectivity index is 2.16. The zero-order chi connectivity index (χ0) is 15.2. The largest absolute Gasteiger partial charge is 0.492 e. The van der Waals surface area contributed by atoms with E-state index in [1.54, 1.807) is 7.11 Å². The van der Waals surface area contributed by atoms with Crippen molar-refractivity contribution < 1.29 is 14.6 Å². The molecule has 0 amide bonds. The van der Waals surface area contributed by atoms with Gasteiger partial charge in [0.15, 0.2) is 11.5 Å². The number of benzene rings is 1. The maximum absolute atomic E-state index is 10.2. The van der Waals surface area contributed by atoms with Crippen LogP contribution in [0, 0.1) is 0 Å². The average molecular weight is 294 g/mol. The lowest BCUT2D eigenvalue weighted by Crippen LogP contribution is -2.38. The van der Waals surface area contributed by atoms with Gasteiger partial charge in [-0.15, -0.1) is 0 Å². The van der Waals surface area contributed by atoms with E-state index >= 15 is 0 Å². The number of para-hydroxylation sites is 1. The van der Waals surface area contributed by atoms with Crippen molar-refractivity contribution in [2.45, 2.75) is 25.0 Å². The Hall–Kier alpha value is -1.30. The predicted octanol–water partition coefficient (Wildman–Crippen LogP) is 1.42. The Morgan fingerprint density at radius 3 is 2.95 bits per heavy atom. The van der Waals surface area contributed by atoms with Gasteiger partial charge in [0.05, 0.1) is 13.2 Å². The van der Waals surface area contributed by atoms with Crippen molar-refractivity contribution in [2.75, 3.05) is 40.8 Å². The van der Waals surface area contributed by atoms with Gasteiger partial charge in [-0.05, 0) is 39.5 Å². The van der Waals surface area contributed by atoms with E-state index in [1.165, 1.54) is 0 Å². The van der Waals surface area contributed by atoms with Crippen LogP contribution < -0.4 is 14.8 Å². The number of hydrogen-bond acceptors (Lipinski definition) is 5. The van der Waals surface area contributed by atoms with Crippen LogP contribution in [0.15, 0.2) is 18.2 Å². The Morgan fingerprint density at radius 2 is 2.29 bits per heavy atom. The van der Waals surface area contributed by atoms with Gasteiger partial charge in [-0.25, -0.2) is 0 Å². The van der Waals surface area contributed by atoms with E-state index in [1.807, 2.05) is 25.2 Å². The van der Waals surface area contributed by atoms with Gasteiger partial charge in [-0.2, -0.15) is 0 Å². The van der Waals surface area contributed by atoms with Crippen molar-refractivity contribution in [3.05, 3.63) is 23.8 Å². The minimum absolute atomic E-state index is 0.175. The lowest BCUT2D eigenvalue weighted by Gasteiger charge is -2.30. The highest BCUT2D eigenvalue weighted by molar-refractivity contribution is 5.48. The Bertz CT molecular complexity index is 453. The number of likely N-dealkylation sites (tertiary alicyclic amines) is 1. The van der Waals surface area contributed by atoms with Crippen LogP contribution in [-0.4, -0.2) is 56.9 Å². The zero-order valence-electron chi connectivity index (χ0n) is 13.1. The lowest BCUT2D eigenvalue weighted by atomic mass is 10.1. The smallest absolute Gasteiger partial charge is 0.166 e. The van der Waals surface area contributed by atoms with E-state index in [2.05, 4.69) is 17.3 Å². The minimum Gasteiger partial charge on any atom is -0.492 e. The molecule has 2 rings (SSSR count). The predicted molar refractivity (Wildman–Crippen MR) is 83.0 cm³/mol. The maximum Gasteiger partial charge on any atom is 0.166 e. The van der Waals surface area contributed by atoms with Gasteiger partial charge in [-0.3, -0.25) is 0 Å². The van der Waals surface area contributed by atoms with Crippen LogP contribution in [-0.2, 0) is 0 Å². The highest BCUT2D eigenvalue weighted by Gasteiger charge is 2.22. The van der Waals surface area contributed by atoms with Gasteiger partial charge in [-0.1, -0.05) is 12.1 Å². The van der Waals surface area contributed by atoms with Crippen molar-refractivity contribution in [3.63, 3.8) is 0 Å². The van der Waals surface area contributed by atoms with Crippen molar-refractivity contribution in [3.8, 4) is 11.5 Å². The van der Waals surface area contributed by atoms with E-state index < -0.39 is 6.10 Å².